The molecule has 4 heteroatoms. The number of hydrogen-bond acceptors (Lipinski definition) is 2. The van der Waals surface area contributed by atoms with Crippen molar-refractivity contribution in [2.45, 2.75) is 20.3 Å². The number of ether oxygens (including phenoxy) is 1. The van der Waals surface area contributed by atoms with Gasteiger partial charge in [-0.1, -0.05) is 19.0 Å². The van der Waals surface area contributed by atoms with Crippen molar-refractivity contribution in [2.24, 2.45) is 11.0 Å². The first-order valence-corrected chi connectivity index (χ1v) is 3.86. The van der Waals surface area contributed by atoms with Gasteiger partial charge in [-0.25, -0.2) is 0 Å². The molecule has 0 aliphatic rings. The fraction of sp³-hybridized carbons (Fsp3) is 1.00. The van der Waals surface area contributed by atoms with Gasteiger partial charge in [-0.2, -0.15) is 0 Å². The number of azide groups is 1. The lowest BCUT2D eigenvalue weighted by Gasteiger charge is -2.03. The number of nitrogens with zero attached hydrogens (tertiary/aromatic N) is 3. The van der Waals surface area contributed by atoms with Gasteiger partial charge in [-0.05, 0) is 17.9 Å². The summed E-state index contributed by atoms with van der Waals surface area (Å²) in [6.07, 6.45) is 1.07. The van der Waals surface area contributed by atoms with E-state index < -0.39 is 0 Å². The van der Waals surface area contributed by atoms with E-state index >= 15 is 0 Å². The van der Waals surface area contributed by atoms with Gasteiger partial charge in [0.15, 0.2) is 0 Å². The third-order valence-electron chi connectivity index (χ3n) is 1.24. The molecule has 0 saturated heterocycles. The molecule has 0 bridgehead atoms. The van der Waals surface area contributed by atoms with Crippen molar-refractivity contribution in [1.29, 1.82) is 0 Å². The zero-order valence-corrected chi connectivity index (χ0v) is 7.16. The fourth-order valence-corrected chi connectivity index (χ4v) is 0.571. The highest BCUT2D eigenvalue weighted by atomic mass is 16.5. The first-order valence-electron chi connectivity index (χ1n) is 3.86. The highest BCUT2D eigenvalue weighted by Gasteiger charge is 1.92. The zero-order valence-electron chi connectivity index (χ0n) is 7.16. The third kappa shape index (κ3) is 9.27. The second-order valence-electron chi connectivity index (χ2n) is 2.75. The highest BCUT2D eigenvalue weighted by Crippen LogP contribution is 1.98. The highest BCUT2D eigenvalue weighted by molar-refractivity contribution is 4.46. The van der Waals surface area contributed by atoms with E-state index in [4.69, 9.17) is 10.3 Å². The van der Waals surface area contributed by atoms with E-state index in [1.54, 1.807) is 0 Å². The van der Waals surface area contributed by atoms with Gasteiger partial charge in [0.05, 0.1) is 6.61 Å². The van der Waals surface area contributed by atoms with Crippen molar-refractivity contribution in [2.75, 3.05) is 19.8 Å². The maximum absolute atomic E-state index is 7.91. The van der Waals surface area contributed by atoms with E-state index in [1.165, 1.54) is 0 Å². The predicted octanol–water partition coefficient (Wildman–Crippen LogP) is 2.36. The molecule has 0 aromatic heterocycles. The first-order chi connectivity index (χ1) is 5.27. The van der Waals surface area contributed by atoms with Crippen LogP contribution in [0.25, 0.3) is 10.4 Å². The smallest absolute Gasteiger partial charge is 0.0522 e. The summed E-state index contributed by atoms with van der Waals surface area (Å²) in [7, 11) is 0. The standard InChI is InChI=1S/C7H15N3O/c1-7(2)3-5-11-6-4-9-10-8/h7H,3-6H2,1-2H3. The van der Waals surface area contributed by atoms with Gasteiger partial charge in [0.1, 0.15) is 0 Å². The lowest BCUT2D eigenvalue weighted by molar-refractivity contribution is 0.130. The minimum absolute atomic E-state index is 0.439. The molecule has 0 aliphatic heterocycles. The van der Waals surface area contributed by atoms with Crippen molar-refractivity contribution in [3.05, 3.63) is 10.4 Å². The Morgan fingerprint density at radius 2 is 2.18 bits per heavy atom. The Bertz CT molecular complexity index is 130. The molecule has 0 unspecified atom stereocenters. The van der Waals surface area contributed by atoms with Gasteiger partial charge in [0, 0.05) is 18.1 Å². The molecule has 0 heterocycles. The average molecular weight is 157 g/mol. The molecule has 0 aromatic carbocycles. The number of hydrogen-bond donors (Lipinski definition) is 0. The summed E-state index contributed by atoms with van der Waals surface area (Å²) in [5.74, 6) is 0.675. The van der Waals surface area contributed by atoms with Gasteiger partial charge in [-0.3, -0.25) is 0 Å². The van der Waals surface area contributed by atoms with Gasteiger partial charge in [0.25, 0.3) is 0 Å². The Hall–Kier alpha value is -0.730. The molecule has 64 valence electrons. The summed E-state index contributed by atoms with van der Waals surface area (Å²) in [5, 5.41) is 3.34. The van der Waals surface area contributed by atoms with Crippen LogP contribution in [0.3, 0.4) is 0 Å². The molecule has 11 heavy (non-hydrogen) atoms. The molecule has 0 rings (SSSR count). The molecule has 0 radical (unpaired) electrons. The van der Waals surface area contributed by atoms with Crippen LogP contribution in [0.4, 0.5) is 0 Å². The molecule has 0 fully saturated rings. The van der Waals surface area contributed by atoms with Gasteiger partial charge >= 0.3 is 0 Å². The zero-order chi connectivity index (χ0) is 8.53. The summed E-state index contributed by atoms with van der Waals surface area (Å²) in [6.45, 7) is 6.04. The molecule has 0 spiro atoms. The molecule has 4 nitrogen and oxygen atoms in total. The van der Waals surface area contributed by atoms with E-state index in [0.29, 0.717) is 19.1 Å². The largest absolute Gasteiger partial charge is 0.381 e. The molecule has 0 N–H and O–H groups in total. The molecule has 0 aliphatic carbocycles. The van der Waals surface area contributed by atoms with E-state index in [1.807, 2.05) is 0 Å². The molecule has 0 amide bonds. The summed E-state index contributed by atoms with van der Waals surface area (Å²) in [6, 6.07) is 0. The van der Waals surface area contributed by atoms with Crippen molar-refractivity contribution >= 4 is 0 Å². The van der Waals surface area contributed by atoms with Crippen molar-refractivity contribution in [1.82, 2.24) is 0 Å². The Morgan fingerprint density at radius 3 is 2.73 bits per heavy atom. The minimum Gasteiger partial charge on any atom is -0.381 e. The van der Waals surface area contributed by atoms with Crippen LogP contribution in [0.15, 0.2) is 5.11 Å². The molecule has 0 atom stereocenters. The molecule has 0 aromatic rings. The van der Waals surface area contributed by atoms with E-state index in [-0.39, 0.29) is 0 Å². The van der Waals surface area contributed by atoms with Crippen LogP contribution in [-0.2, 0) is 4.74 Å². The molecular formula is C7H15N3O. The summed E-state index contributed by atoms with van der Waals surface area (Å²) >= 11 is 0. The van der Waals surface area contributed by atoms with E-state index in [0.717, 1.165) is 13.0 Å². The van der Waals surface area contributed by atoms with Crippen LogP contribution in [0.5, 0.6) is 0 Å². The van der Waals surface area contributed by atoms with Crippen LogP contribution < -0.4 is 0 Å². The summed E-state index contributed by atoms with van der Waals surface area (Å²) in [5.41, 5.74) is 7.91. The fourth-order valence-electron chi connectivity index (χ4n) is 0.571. The average Bonchev–Trinajstić information content (AvgIpc) is 1.96. The number of rotatable bonds is 6. The van der Waals surface area contributed by atoms with Crippen molar-refractivity contribution in [3.8, 4) is 0 Å². The second-order valence-corrected chi connectivity index (χ2v) is 2.75. The normalized spacial score (nSPS) is 9.73. The Labute approximate surface area is 67.2 Å². The SMILES string of the molecule is CC(C)CCOCCN=[N+]=[N-]. The quantitative estimate of drug-likeness (QED) is 0.253. The first kappa shape index (κ1) is 10.3. The van der Waals surface area contributed by atoms with Crippen molar-refractivity contribution < 1.29 is 4.74 Å². The van der Waals surface area contributed by atoms with Gasteiger partial charge in [-0.15, -0.1) is 0 Å². The monoisotopic (exact) mass is 157 g/mol. The maximum atomic E-state index is 7.91. The maximum Gasteiger partial charge on any atom is 0.0522 e. The van der Waals surface area contributed by atoms with Gasteiger partial charge in [0.2, 0.25) is 0 Å². The Morgan fingerprint density at radius 1 is 1.45 bits per heavy atom. The molecule has 0 saturated carbocycles. The third-order valence-corrected chi connectivity index (χ3v) is 1.24. The summed E-state index contributed by atoms with van der Waals surface area (Å²) in [4.78, 5) is 2.61. The lowest BCUT2D eigenvalue weighted by Crippen LogP contribution is -2.02. The minimum atomic E-state index is 0.439. The van der Waals surface area contributed by atoms with Crippen LogP contribution in [0, 0.1) is 5.92 Å². The van der Waals surface area contributed by atoms with Crippen LogP contribution in [0.1, 0.15) is 20.3 Å². The van der Waals surface area contributed by atoms with E-state index in [2.05, 4.69) is 23.9 Å². The van der Waals surface area contributed by atoms with Gasteiger partial charge < -0.3 is 4.74 Å². The predicted molar refractivity (Wildman–Crippen MR) is 44.3 cm³/mol. The Balaban J connectivity index is 2.96. The lowest BCUT2D eigenvalue weighted by atomic mass is 10.1. The molecular weight excluding hydrogens is 142 g/mol. The van der Waals surface area contributed by atoms with Crippen LogP contribution in [-0.4, -0.2) is 19.8 Å². The second kappa shape index (κ2) is 7.38. The van der Waals surface area contributed by atoms with Crippen LogP contribution in [0.2, 0.25) is 0 Å². The summed E-state index contributed by atoms with van der Waals surface area (Å²) < 4.78 is 5.18. The van der Waals surface area contributed by atoms with Crippen LogP contribution >= 0.6 is 0 Å². The topological polar surface area (TPSA) is 58.0 Å². The van der Waals surface area contributed by atoms with E-state index in [9.17, 15) is 0 Å². The van der Waals surface area contributed by atoms with Crippen molar-refractivity contribution in [3.63, 3.8) is 0 Å². The Kier molecular flexibility index (Phi) is 6.89.